The lowest BCUT2D eigenvalue weighted by Gasteiger charge is -2.40. The van der Waals surface area contributed by atoms with Gasteiger partial charge in [0.2, 0.25) is 5.91 Å². The molecule has 1 aromatic carbocycles. The number of urea groups is 1. The maximum Gasteiger partial charge on any atom is 0.319 e. The lowest BCUT2D eigenvalue weighted by molar-refractivity contribution is -0.122. The van der Waals surface area contributed by atoms with E-state index in [1.54, 1.807) is 0 Å². The number of rotatable bonds is 0. The number of nitrogens with zero attached hydrogens (tertiary/aromatic N) is 2. The standard InChI is InChI=1S/C18H23N3O2/c22-16-18(14-6-2-3-7-15(14)19-16)8-12-21(13-9-18)17(23)20-10-4-1-5-11-20/h2-3,6-7H,1,4-5,8-13H2,(H,19,22). The molecule has 23 heavy (non-hydrogen) atoms. The van der Waals surface area contributed by atoms with E-state index >= 15 is 0 Å². The van der Waals surface area contributed by atoms with Crippen molar-refractivity contribution in [3.63, 3.8) is 0 Å². The summed E-state index contributed by atoms with van der Waals surface area (Å²) >= 11 is 0. The van der Waals surface area contributed by atoms with Crippen LogP contribution in [0.1, 0.15) is 37.7 Å². The Hall–Kier alpha value is -2.04. The van der Waals surface area contributed by atoms with Gasteiger partial charge in [0.1, 0.15) is 0 Å². The molecule has 0 aliphatic carbocycles. The van der Waals surface area contributed by atoms with Crippen molar-refractivity contribution < 1.29 is 9.59 Å². The van der Waals surface area contributed by atoms with Gasteiger partial charge in [-0.15, -0.1) is 0 Å². The highest BCUT2D eigenvalue weighted by molar-refractivity contribution is 6.06. The molecule has 3 aliphatic heterocycles. The SMILES string of the molecule is O=C(N1CCCCC1)N1CCC2(CC1)C(=O)Nc1ccccc12. The van der Waals surface area contributed by atoms with Gasteiger partial charge in [-0.1, -0.05) is 18.2 Å². The van der Waals surface area contributed by atoms with E-state index in [0.717, 1.165) is 50.0 Å². The van der Waals surface area contributed by atoms with E-state index in [-0.39, 0.29) is 11.9 Å². The summed E-state index contributed by atoms with van der Waals surface area (Å²) < 4.78 is 0. The van der Waals surface area contributed by atoms with Gasteiger partial charge >= 0.3 is 6.03 Å². The largest absolute Gasteiger partial charge is 0.325 e. The van der Waals surface area contributed by atoms with Gasteiger partial charge in [-0.25, -0.2) is 4.79 Å². The molecule has 0 radical (unpaired) electrons. The zero-order valence-electron chi connectivity index (χ0n) is 13.4. The molecule has 0 aromatic heterocycles. The van der Waals surface area contributed by atoms with Crippen LogP contribution in [-0.4, -0.2) is 47.9 Å². The lowest BCUT2D eigenvalue weighted by Crippen LogP contribution is -2.52. The Morgan fingerprint density at radius 2 is 1.61 bits per heavy atom. The number of hydrogen-bond acceptors (Lipinski definition) is 2. The molecule has 4 rings (SSSR count). The zero-order valence-corrected chi connectivity index (χ0v) is 13.4. The molecule has 0 atom stereocenters. The Kier molecular flexibility index (Phi) is 3.51. The van der Waals surface area contributed by atoms with E-state index in [4.69, 9.17) is 0 Å². The third-order valence-corrected chi connectivity index (χ3v) is 5.64. The predicted octanol–water partition coefficient (Wildman–Crippen LogP) is 2.58. The van der Waals surface area contributed by atoms with E-state index < -0.39 is 5.41 Å². The van der Waals surface area contributed by atoms with Crippen molar-refractivity contribution in [1.82, 2.24) is 9.80 Å². The van der Waals surface area contributed by atoms with Gasteiger partial charge in [-0.3, -0.25) is 4.79 Å². The fourth-order valence-electron chi connectivity index (χ4n) is 4.24. The van der Waals surface area contributed by atoms with Crippen LogP contribution in [-0.2, 0) is 10.2 Å². The summed E-state index contributed by atoms with van der Waals surface area (Å²) in [5.74, 6) is 0.101. The van der Waals surface area contributed by atoms with Crippen molar-refractivity contribution in [2.75, 3.05) is 31.5 Å². The van der Waals surface area contributed by atoms with Crippen molar-refractivity contribution in [3.8, 4) is 0 Å². The number of hydrogen-bond donors (Lipinski definition) is 1. The van der Waals surface area contributed by atoms with Gasteiger partial charge in [-0.2, -0.15) is 0 Å². The molecule has 0 unspecified atom stereocenters. The fraction of sp³-hybridized carbons (Fsp3) is 0.556. The molecule has 3 aliphatic rings. The molecule has 2 saturated heterocycles. The lowest BCUT2D eigenvalue weighted by atomic mass is 9.74. The van der Waals surface area contributed by atoms with Gasteiger partial charge in [0.25, 0.3) is 0 Å². The quantitative estimate of drug-likeness (QED) is 0.800. The van der Waals surface area contributed by atoms with Crippen LogP contribution in [0.2, 0.25) is 0 Å². The summed E-state index contributed by atoms with van der Waals surface area (Å²) in [5.41, 5.74) is 1.61. The van der Waals surface area contributed by atoms with Crippen LogP contribution < -0.4 is 5.32 Å². The highest BCUT2D eigenvalue weighted by Gasteiger charge is 2.49. The first-order valence-electron chi connectivity index (χ1n) is 8.65. The number of piperidine rings is 2. The van der Waals surface area contributed by atoms with Crippen LogP contribution >= 0.6 is 0 Å². The Morgan fingerprint density at radius 3 is 2.35 bits per heavy atom. The minimum Gasteiger partial charge on any atom is -0.325 e. The monoisotopic (exact) mass is 313 g/mol. The third kappa shape index (κ3) is 2.30. The summed E-state index contributed by atoms with van der Waals surface area (Å²) in [6, 6.07) is 8.12. The Balaban J connectivity index is 1.49. The van der Waals surface area contributed by atoms with E-state index in [1.807, 2.05) is 28.0 Å². The van der Waals surface area contributed by atoms with E-state index in [9.17, 15) is 9.59 Å². The van der Waals surface area contributed by atoms with Crippen molar-refractivity contribution in [2.45, 2.75) is 37.5 Å². The molecule has 1 N–H and O–H groups in total. The minimum atomic E-state index is -0.435. The first-order valence-corrected chi connectivity index (χ1v) is 8.65. The van der Waals surface area contributed by atoms with E-state index in [2.05, 4.69) is 11.4 Å². The van der Waals surface area contributed by atoms with Gasteiger partial charge in [-0.05, 0) is 43.7 Å². The Morgan fingerprint density at radius 1 is 0.957 bits per heavy atom. The number of anilines is 1. The number of amides is 3. The molecule has 3 amide bonds. The molecular weight excluding hydrogens is 290 g/mol. The fourth-order valence-corrected chi connectivity index (χ4v) is 4.24. The maximum atomic E-state index is 12.6. The molecule has 5 heteroatoms. The van der Waals surface area contributed by atoms with Crippen LogP contribution in [0.5, 0.6) is 0 Å². The average molecular weight is 313 g/mol. The molecule has 0 bridgehead atoms. The van der Waals surface area contributed by atoms with Crippen molar-refractivity contribution in [3.05, 3.63) is 29.8 Å². The van der Waals surface area contributed by atoms with Crippen molar-refractivity contribution >= 4 is 17.6 Å². The first kappa shape index (κ1) is 14.5. The Bertz CT molecular complexity index is 629. The normalized spacial score (nSPS) is 22.9. The molecule has 1 aromatic rings. The summed E-state index contributed by atoms with van der Waals surface area (Å²) in [7, 11) is 0. The van der Waals surface area contributed by atoms with Crippen molar-refractivity contribution in [1.29, 1.82) is 0 Å². The number of benzene rings is 1. The van der Waals surface area contributed by atoms with Gasteiger partial charge in [0, 0.05) is 31.9 Å². The Labute approximate surface area is 136 Å². The minimum absolute atomic E-state index is 0.101. The maximum absolute atomic E-state index is 12.6. The number of likely N-dealkylation sites (tertiary alicyclic amines) is 2. The molecule has 122 valence electrons. The predicted molar refractivity (Wildman–Crippen MR) is 88.4 cm³/mol. The highest BCUT2D eigenvalue weighted by atomic mass is 16.2. The number of nitrogens with one attached hydrogen (secondary N) is 1. The summed E-state index contributed by atoms with van der Waals surface area (Å²) in [6.45, 7) is 3.09. The van der Waals surface area contributed by atoms with Crippen LogP contribution in [0.15, 0.2) is 24.3 Å². The number of para-hydroxylation sites is 1. The van der Waals surface area contributed by atoms with Crippen LogP contribution in [0.25, 0.3) is 0 Å². The zero-order chi connectivity index (χ0) is 15.9. The summed E-state index contributed by atoms with van der Waals surface area (Å²) in [6.07, 6.45) is 4.88. The second kappa shape index (κ2) is 5.55. The van der Waals surface area contributed by atoms with Gasteiger partial charge in [0.05, 0.1) is 5.41 Å². The van der Waals surface area contributed by atoms with E-state index in [0.29, 0.717) is 13.1 Å². The number of carbonyl (C=O) groups excluding carboxylic acids is 2. The average Bonchev–Trinajstić information content (AvgIpc) is 2.88. The number of carbonyl (C=O) groups is 2. The van der Waals surface area contributed by atoms with Crippen LogP contribution in [0.3, 0.4) is 0 Å². The van der Waals surface area contributed by atoms with Crippen LogP contribution in [0, 0.1) is 0 Å². The second-order valence-electron chi connectivity index (χ2n) is 6.90. The molecular formula is C18H23N3O2. The topological polar surface area (TPSA) is 52.7 Å². The highest BCUT2D eigenvalue weighted by Crippen LogP contribution is 2.44. The van der Waals surface area contributed by atoms with Crippen molar-refractivity contribution in [2.24, 2.45) is 0 Å². The van der Waals surface area contributed by atoms with Gasteiger partial charge < -0.3 is 15.1 Å². The molecule has 3 heterocycles. The van der Waals surface area contributed by atoms with E-state index in [1.165, 1.54) is 6.42 Å². The molecule has 2 fully saturated rings. The molecule has 0 saturated carbocycles. The summed E-state index contributed by atoms with van der Waals surface area (Å²) in [4.78, 5) is 29.1. The van der Waals surface area contributed by atoms with Gasteiger partial charge in [0.15, 0.2) is 0 Å². The van der Waals surface area contributed by atoms with Crippen LogP contribution in [0.4, 0.5) is 10.5 Å². The molecule has 5 nitrogen and oxygen atoms in total. The smallest absolute Gasteiger partial charge is 0.319 e. The number of fused-ring (bicyclic) bond motifs is 2. The molecule has 1 spiro atoms. The second-order valence-corrected chi connectivity index (χ2v) is 6.90. The third-order valence-electron chi connectivity index (χ3n) is 5.64. The summed E-state index contributed by atoms with van der Waals surface area (Å²) in [5, 5.41) is 3.01. The first-order chi connectivity index (χ1) is 11.2.